The first-order valence-electron chi connectivity index (χ1n) is 2.35. The van der Waals surface area contributed by atoms with E-state index < -0.39 is 0 Å². The molecule has 0 aliphatic heterocycles. The molecule has 0 saturated heterocycles. The average Bonchev–Trinajstić information content (AvgIpc) is 1.72. The summed E-state index contributed by atoms with van der Waals surface area (Å²) >= 11 is 0. The van der Waals surface area contributed by atoms with Crippen LogP contribution in [-0.2, 0) is 0 Å². The lowest BCUT2D eigenvalue weighted by Crippen LogP contribution is -2.20. The molecule has 0 rings (SSSR count). The summed E-state index contributed by atoms with van der Waals surface area (Å²) in [6, 6.07) is 0. The number of rotatable bonds is 1. The first-order chi connectivity index (χ1) is 2.91. The molecule has 2 heteroatoms. The van der Waals surface area contributed by atoms with Gasteiger partial charge in [0.05, 0.1) is 0 Å². The summed E-state index contributed by atoms with van der Waals surface area (Å²) < 4.78 is 0. The molecule has 0 aromatic carbocycles. The first kappa shape index (κ1) is 9.33. The van der Waals surface area contributed by atoms with Crippen LogP contribution in [0.2, 0.25) is 0 Å². The molecule has 3 N–H and O–H groups in total. The van der Waals surface area contributed by atoms with Crippen LogP contribution in [0.1, 0.15) is 20.8 Å². The van der Waals surface area contributed by atoms with E-state index in [1.807, 2.05) is 20.8 Å². The van der Waals surface area contributed by atoms with Crippen molar-refractivity contribution in [1.82, 2.24) is 5.43 Å². The highest BCUT2D eigenvalue weighted by Crippen LogP contribution is 1.30. The van der Waals surface area contributed by atoms with Gasteiger partial charge in [0.1, 0.15) is 0 Å². The van der Waals surface area contributed by atoms with E-state index >= 15 is 0 Å². The van der Waals surface area contributed by atoms with Gasteiger partial charge < -0.3 is 0 Å². The smallest absolute Gasteiger partial charge is 0.00689 e. The molecule has 0 aromatic rings. The largest absolute Gasteiger partial charge is 0.271 e. The minimum Gasteiger partial charge on any atom is -0.271 e. The molecule has 0 aliphatic rings. The van der Waals surface area contributed by atoms with E-state index in [2.05, 4.69) is 5.43 Å². The molecule has 0 atom stereocenters. The minimum absolute atomic E-state index is 0.847. The summed E-state index contributed by atoms with van der Waals surface area (Å²) in [7, 11) is 0. The molecule has 6 heavy (non-hydrogen) atoms. The van der Waals surface area contributed by atoms with Gasteiger partial charge in [-0.25, -0.2) is 0 Å². The Morgan fingerprint density at radius 1 is 1.50 bits per heavy atom. The van der Waals surface area contributed by atoms with Crippen LogP contribution in [0.4, 0.5) is 0 Å². The van der Waals surface area contributed by atoms with Crippen molar-refractivity contribution in [1.29, 1.82) is 0 Å². The fourth-order valence-electron chi connectivity index (χ4n) is 0. The van der Waals surface area contributed by atoms with Crippen LogP contribution in [0.3, 0.4) is 0 Å². The molecular formula is C4H14N2. The topological polar surface area (TPSA) is 38.0 Å². The van der Waals surface area contributed by atoms with E-state index in [1.54, 1.807) is 0 Å². The lowest BCUT2D eigenvalue weighted by Gasteiger charge is -1.77. The third-order valence-corrected chi connectivity index (χ3v) is 0.204. The number of hydrogen-bond acceptors (Lipinski definition) is 2. The summed E-state index contributed by atoms with van der Waals surface area (Å²) in [5.41, 5.74) is 2.43. The van der Waals surface area contributed by atoms with Crippen LogP contribution in [0.5, 0.6) is 0 Å². The predicted octanol–water partition coefficient (Wildman–Crippen LogP) is 0.496. The van der Waals surface area contributed by atoms with Gasteiger partial charge in [-0.15, -0.1) is 0 Å². The van der Waals surface area contributed by atoms with Crippen molar-refractivity contribution >= 4 is 0 Å². The molecule has 0 unspecified atom stereocenters. The molecule has 0 amide bonds. The van der Waals surface area contributed by atoms with Gasteiger partial charge >= 0.3 is 0 Å². The normalized spacial score (nSPS) is 6.00. The summed E-state index contributed by atoms with van der Waals surface area (Å²) in [5, 5.41) is 0. The Balaban J connectivity index is 0. The average molecular weight is 90.2 g/mol. The minimum atomic E-state index is 0.847. The van der Waals surface area contributed by atoms with Crippen molar-refractivity contribution in [2.75, 3.05) is 6.54 Å². The van der Waals surface area contributed by atoms with Crippen molar-refractivity contribution in [2.24, 2.45) is 5.84 Å². The third-order valence-electron chi connectivity index (χ3n) is 0.204. The van der Waals surface area contributed by atoms with Crippen molar-refractivity contribution < 1.29 is 0 Å². The lowest BCUT2D eigenvalue weighted by molar-refractivity contribution is 0.781. The van der Waals surface area contributed by atoms with E-state index in [-0.39, 0.29) is 0 Å². The Labute approximate surface area is 39.7 Å². The van der Waals surface area contributed by atoms with E-state index in [4.69, 9.17) is 5.84 Å². The Hall–Kier alpha value is -0.0800. The second-order valence-electron chi connectivity index (χ2n) is 0.558. The van der Waals surface area contributed by atoms with Gasteiger partial charge in [-0.1, -0.05) is 20.8 Å². The summed E-state index contributed by atoms with van der Waals surface area (Å²) in [5.74, 6) is 4.78. The molecule has 0 heterocycles. The zero-order valence-corrected chi connectivity index (χ0v) is 4.78. The van der Waals surface area contributed by atoms with Crippen LogP contribution < -0.4 is 11.3 Å². The van der Waals surface area contributed by atoms with Gasteiger partial charge in [0.25, 0.3) is 0 Å². The van der Waals surface area contributed by atoms with Crippen molar-refractivity contribution in [3.8, 4) is 0 Å². The summed E-state index contributed by atoms with van der Waals surface area (Å²) in [6.07, 6.45) is 0. The maximum atomic E-state index is 4.78. The van der Waals surface area contributed by atoms with Crippen molar-refractivity contribution in [3.05, 3.63) is 0 Å². The van der Waals surface area contributed by atoms with Crippen LogP contribution in [0.25, 0.3) is 0 Å². The molecule has 0 fully saturated rings. The third kappa shape index (κ3) is 39.5. The SMILES string of the molecule is CC.CCNN. The summed E-state index contributed by atoms with van der Waals surface area (Å²) in [4.78, 5) is 0. The van der Waals surface area contributed by atoms with E-state index in [9.17, 15) is 0 Å². The van der Waals surface area contributed by atoms with Crippen molar-refractivity contribution in [3.63, 3.8) is 0 Å². The van der Waals surface area contributed by atoms with Crippen LogP contribution in [0.15, 0.2) is 0 Å². The number of nitrogens with one attached hydrogen (secondary N) is 1. The number of hydrazine groups is 1. The number of nitrogens with two attached hydrogens (primary N) is 1. The Bertz CT molecular complexity index is 7.51. The molecule has 2 nitrogen and oxygen atoms in total. The second kappa shape index (κ2) is 20.5. The Kier molecular flexibility index (Phi) is 31.9. The van der Waals surface area contributed by atoms with Gasteiger partial charge in [-0.05, 0) is 0 Å². The molecule has 0 spiro atoms. The molecule has 0 saturated carbocycles. The lowest BCUT2D eigenvalue weighted by atomic mass is 10.8. The molecular weight excluding hydrogens is 76.1 g/mol. The second-order valence-corrected chi connectivity index (χ2v) is 0.558. The highest BCUT2D eigenvalue weighted by atomic mass is 15.2. The Morgan fingerprint density at radius 2 is 1.67 bits per heavy atom. The molecule has 0 aromatic heterocycles. The van der Waals surface area contributed by atoms with E-state index in [1.165, 1.54) is 0 Å². The standard InChI is InChI=1S/C2H8N2.C2H6/c1-2-4-3;1-2/h4H,2-3H2,1H3;1-2H3. The number of hydrogen-bond donors (Lipinski definition) is 2. The van der Waals surface area contributed by atoms with Crippen LogP contribution >= 0.6 is 0 Å². The van der Waals surface area contributed by atoms with Gasteiger partial charge in [0, 0.05) is 6.54 Å². The predicted molar refractivity (Wildman–Crippen MR) is 29.2 cm³/mol. The monoisotopic (exact) mass is 90.1 g/mol. The Morgan fingerprint density at radius 3 is 1.67 bits per heavy atom. The zero-order chi connectivity index (χ0) is 5.41. The highest BCUT2D eigenvalue weighted by molar-refractivity contribution is 4.10. The van der Waals surface area contributed by atoms with Crippen LogP contribution in [-0.4, -0.2) is 6.54 Å². The van der Waals surface area contributed by atoms with Gasteiger partial charge in [-0.3, -0.25) is 11.3 Å². The highest BCUT2D eigenvalue weighted by Gasteiger charge is 1.50. The van der Waals surface area contributed by atoms with E-state index in [0.717, 1.165) is 6.54 Å². The molecule has 0 aliphatic carbocycles. The van der Waals surface area contributed by atoms with Gasteiger partial charge in [0.2, 0.25) is 0 Å². The van der Waals surface area contributed by atoms with Gasteiger partial charge in [0.15, 0.2) is 0 Å². The fourth-order valence-corrected chi connectivity index (χ4v) is 0. The molecule has 40 valence electrons. The molecule has 0 bridgehead atoms. The maximum Gasteiger partial charge on any atom is 0.00689 e. The van der Waals surface area contributed by atoms with Gasteiger partial charge in [-0.2, -0.15) is 0 Å². The zero-order valence-electron chi connectivity index (χ0n) is 4.78. The van der Waals surface area contributed by atoms with Crippen molar-refractivity contribution in [2.45, 2.75) is 20.8 Å². The molecule has 0 radical (unpaired) electrons. The summed E-state index contributed by atoms with van der Waals surface area (Å²) in [6.45, 7) is 6.79. The van der Waals surface area contributed by atoms with E-state index in [0.29, 0.717) is 0 Å². The first-order valence-corrected chi connectivity index (χ1v) is 2.35. The fraction of sp³-hybridized carbons (Fsp3) is 1.00. The van der Waals surface area contributed by atoms with Crippen LogP contribution in [0, 0.1) is 0 Å². The quantitative estimate of drug-likeness (QED) is 0.363. The maximum absolute atomic E-state index is 4.78.